The number of aliphatic carboxylic acids is 1. The van der Waals surface area contributed by atoms with E-state index in [1.165, 1.54) is 0 Å². The molecule has 1 unspecified atom stereocenters. The van der Waals surface area contributed by atoms with Crippen molar-refractivity contribution in [2.45, 2.75) is 42.9 Å². The zero-order chi connectivity index (χ0) is 17.0. The van der Waals surface area contributed by atoms with Crippen LogP contribution in [0.3, 0.4) is 0 Å². The summed E-state index contributed by atoms with van der Waals surface area (Å²) in [5, 5.41) is 9.12. The van der Waals surface area contributed by atoms with Gasteiger partial charge in [-0.2, -0.15) is 0 Å². The molecule has 1 aliphatic rings. The number of carboxylic acid groups (broad SMARTS) is 1. The summed E-state index contributed by atoms with van der Waals surface area (Å²) >= 11 is 1.57. The van der Waals surface area contributed by atoms with Gasteiger partial charge in [-0.15, -0.1) is 0 Å². The monoisotopic (exact) mass is 328 g/mol. The number of Topliss-reactive ketones (excluding diaryl/α,β-unsaturated/α-hetero) is 1. The maximum Gasteiger partial charge on any atom is 0.310 e. The molecule has 23 heavy (non-hydrogen) atoms. The van der Waals surface area contributed by atoms with Gasteiger partial charge < -0.3 is 5.11 Å². The second kappa shape index (κ2) is 7.47. The summed E-state index contributed by atoms with van der Waals surface area (Å²) in [6.07, 6.45) is 0.319. The molecule has 0 radical (unpaired) electrons. The van der Waals surface area contributed by atoms with E-state index in [4.69, 9.17) is 5.11 Å². The van der Waals surface area contributed by atoms with Gasteiger partial charge in [0.2, 0.25) is 0 Å². The molecule has 0 spiro atoms. The predicted molar refractivity (Wildman–Crippen MR) is 92.4 cm³/mol. The number of carboxylic acids is 1. The molecule has 1 N–H and O–H groups in total. The van der Waals surface area contributed by atoms with Gasteiger partial charge in [-0.3, -0.25) is 9.59 Å². The van der Waals surface area contributed by atoms with Crippen LogP contribution in [0.1, 0.15) is 48.2 Å². The molecule has 2 aromatic carbocycles. The van der Waals surface area contributed by atoms with Gasteiger partial charge in [0, 0.05) is 21.8 Å². The lowest BCUT2D eigenvalue weighted by Gasteiger charge is -2.11. The van der Waals surface area contributed by atoms with E-state index >= 15 is 0 Å². The number of fused-ring (bicyclic) bond motifs is 2. The largest absolute Gasteiger partial charge is 0.481 e. The van der Waals surface area contributed by atoms with Crippen molar-refractivity contribution in [3.63, 3.8) is 0 Å². The van der Waals surface area contributed by atoms with Crippen LogP contribution >= 0.6 is 11.8 Å². The molecule has 1 atom stereocenters. The Bertz CT molecular complexity index is 737. The summed E-state index contributed by atoms with van der Waals surface area (Å²) in [6.45, 7) is 5.66. The van der Waals surface area contributed by atoms with E-state index < -0.39 is 11.9 Å². The van der Waals surface area contributed by atoms with Crippen LogP contribution in [-0.4, -0.2) is 16.9 Å². The Balaban J connectivity index is 0.000000924. The van der Waals surface area contributed by atoms with Crippen molar-refractivity contribution in [1.29, 1.82) is 0 Å². The molecule has 0 aliphatic carbocycles. The lowest BCUT2D eigenvalue weighted by atomic mass is 9.96. The fourth-order valence-electron chi connectivity index (χ4n) is 2.42. The summed E-state index contributed by atoms with van der Waals surface area (Å²) in [7, 11) is 0. The summed E-state index contributed by atoms with van der Waals surface area (Å²) in [4.78, 5) is 25.4. The average molecular weight is 328 g/mol. The number of benzene rings is 2. The number of carbonyl (C=O) groups is 2. The maximum absolute atomic E-state index is 12.4. The van der Waals surface area contributed by atoms with E-state index in [0.717, 1.165) is 26.5 Å². The molecule has 0 saturated carbocycles. The Morgan fingerprint density at radius 3 is 2.52 bits per heavy atom. The fraction of sp³-hybridized carbons (Fsp3) is 0.263. The van der Waals surface area contributed by atoms with Gasteiger partial charge in [-0.25, -0.2) is 0 Å². The van der Waals surface area contributed by atoms with Gasteiger partial charge in [0.25, 0.3) is 0 Å². The molecule has 0 fully saturated rings. The first-order valence-corrected chi connectivity index (χ1v) is 8.53. The highest BCUT2D eigenvalue weighted by atomic mass is 32.2. The van der Waals surface area contributed by atoms with Crippen molar-refractivity contribution >= 4 is 23.5 Å². The smallest absolute Gasteiger partial charge is 0.310 e. The van der Waals surface area contributed by atoms with Crippen LogP contribution in [0.25, 0.3) is 0 Å². The van der Waals surface area contributed by atoms with Crippen LogP contribution in [0.4, 0.5) is 0 Å². The lowest BCUT2D eigenvalue weighted by molar-refractivity contribution is -0.138. The van der Waals surface area contributed by atoms with Gasteiger partial charge in [0.05, 0.1) is 5.92 Å². The van der Waals surface area contributed by atoms with Gasteiger partial charge in [0.15, 0.2) is 5.78 Å². The number of carbonyl (C=O) groups excluding carboxylic acids is 1. The quantitative estimate of drug-likeness (QED) is 0.861. The van der Waals surface area contributed by atoms with Crippen molar-refractivity contribution in [2.75, 3.05) is 0 Å². The second-order valence-corrected chi connectivity index (χ2v) is 6.21. The summed E-state index contributed by atoms with van der Waals surface area (Å²) in [6, 6.07) is 13.2. The van der Waals surface area contributed by atoms with Crippen molar-refractivity contribution in [1.82, 2.24) is 0 Å². The third-order valence-corrected chi connectivity index (χ3v) is 4.91. The van der Waals surface area contributed by atoms with E-state index in [0.29, 0.717) is 6.42 Å². The van der Waals surface area contributed by atoms with Crippen molar-refractivity contribution in [2.24, 2.45) is 0 Å². The van der Waals surface area contributed by atoms with Crippen LogP contribution in [-0.2, 0) is 11.2 Å². The van der Waals surface area contributed by atoms with E-state index in [9.17, 15) is 9.59 Å². The minimum atomic E-state index is -0.856. The van der Waals surface area contributed by atoms with Gasteiger partial charge >= 0.3 is 5.97 Å². The predicted octanol–water partition coefficient (Wildman–Crippen LogP) is 4.79. The number of rotatable bonds is 2. The molecule has 0 saturated heterocycles. The molecule has 3 nitrogen and oxygen atoms in total. The number of hydrogen-bond acceptors (Lipinski definition) is 3. The zero-order valence-electron chi connectivity index (χ0n) is 13.5. The minimum Gasteiger partial charge on any atom is -0.481 e. The van der Waals surface area contributed by atoms with Gasteiger partial charge in [0.1, 0.15) is 0 Å². The molecule has 4 heteroatoms. The van der Waals surface area contributed by atoms with Crippen LogP contribution in [0.15, 0.2) is 52.3 Å². The molecular formula is C19H20O3S. The van der Waals surface area contributed by atoms with Crippen molar-refractivity contribution < 1.29 is 14.7 Å². The van der Waals surface area contributed by atoms with E-state index in [-0.39, 0.29) is 5.78 Å². The highest BCUT2D eigenvalue weighted by Crippen LogP contribution is 2.38. The summed E-state index contributed by atoms with van der Waals surface area (Å²) in [5.74, 6) is -1.34. The van der Waals surface area contributed by atoms with Crippen molar-refractivity contribution in [3.05, 3.63) is 59.2 Å². The molecule has 3 rings (SSSR count). The topological polar surface area (TPSA) is 54.4 Å². The molecule has 2 aromatic rings. The number of ketones is 1. The first-order valence-electron chi connectivity index (χ1n) is 7.72. The Hall–Kier alpha value is -2.07. The third-order valence-electron chi connectivity index (χ3n) is 3.71. The Morgan fingerprint density at radius 2 is 1.83 bits per heavy atom. The van der Waals surface area contributed by atoms with Crippen LogP contribution in [0, 0.1) is 0 Å². The first kappa shape index (κ1) is 17.3. The Labute approximate surface area is 140 Å². The normalized spacial score (nSPS) is 13.8. The Morgan fingerprint density at radius 1 is 1.13 bits per heavy atom. The SMILES string of the molecule is CC.CC(C(=O)O)c1ccc2c(c1)CC(=O)c1ccccc1S2. The molecule has 0 amide bonds. The number of hydrogen-bond donors (Lipinski definition) is 1. The highest BCUT2D eigenvalue weighted by Gasteiger charge is 2.22. The van der Waals surface area contributed by atoms with Crippen LogP contribution in [0.5, 0.6) is 0 Å². The van der Waals surface area contributed by atoms with E-state index in [1.807, 2.05) is 56.3 Å². The Kier molecular flexibility index (Phi) is 5.61. The van der Waals surface area contributed by atoms with Crippen LogP contribution < -0.4 is 0 Å². The van der Waals surface area contributed by atoms with E-state index in [1.54, 1.807) is 18.7 Å². The molecule has 1 heterocycles. The van der Waals surface area contributed by atoms with Crippen LogP contribution in [0.2, 0.25) is 0 Å². The second-order valence-electron chi connectivity index (χ2n) is 5.13. The lowest BCUT2D eigenvalue weighted by Crippen LogP contribution is -2.09. The van der Waals surface area contributed by atoms with Crippen molar-refractivity contribution in [3.8, 4) is 0 Å². The molecular weight excluding hydrogens is 308 g/mol. The van der Waals surface area contributed by atoms with Gasteiger partial charge in [-0.1, -0.05) is 55.9 Å². The van der Waals surface area contributed by atoms with Gasteiger partial charge in [-0.05, 0) is 30.2 Å². The molecule has 0 bridgehead atoms. The summed E-state index contributed by atoms with van der Waals surface area (Å²) < 4.78 is 0. The zero-order valence-corrected chi connectivity index (χ0v) is 14.3. The highest BCUT2D eigenvalue weighted by molar-refractivity contribution is 7.99. The summed E-state index contributed by atoms with van der Waals surface area (Å²) in [5.41, 5.74) is 2.39. The molecule has 0 aromatic heterocycles. The maximum atomic E-state index is 12.4. The average Bonchev–Trinajstić information content (AvgIpc) is 2.71. The third kappa shape index (κ3) is 3.64. The standard InChI is InChI=1S/C17H14O3S.C2H6/c1-10(17(19)20)11-6-7-15-12(8-11)9-14(18)13-4-2-3-5-16(13)21-15;1-2/h2-8,10H,9H2,1H3,(H,19,20);1-2H3. The minimum absolute atomic E-state index is 0.0805. The fourth-order valence-corrected chi connectivity index (χ4v) is 3.50. The van der Waals surface area contributed by atoms with E-state index in [2.05, 4.69) is 0 Å². The molecule has 1 aliphatic heterocycles. The molecule has 120 valence electrons. The first-order chi connectivity index (χ1) is 11.1.